The molecule has 3 unspecified atom stereocenters. The fraction of sp³-hybridized carbons (Fsp3) is 0.633. The molecule has 1 aromatic carbocycles. The van der Waals surface area contributed by atoms with E-state index in [4.69, 9.17) is 18.9 Å². The molecule has 0 aliphatic heterocycles. The Hall–Kier alpha value is -3.22. The third-order valence-electron chi connectivity index (χ3n) is 6.46. The second-order valence-corrected chi connectivity index (χ2v) is 9.99. The van der Waals surface area contributed by atoms with Gasteiger partial charge in [-0.25, -0.2) is 9.18 Å². The fourth-order valence-corrected chi connectivity index (χ4v) is 3.78. The van der Waals surface area contributed by atoms with Gasteiger partial charge in [0.15, 0.2) is 5.78 Å². The minimum absolute atomic E-state index is 0.0487. The smallest absolute Gasteiger partial charge is 0.338 e. The van der Waals surface area contributed by atoms with E-state index in [1.165, 1.54) is 31.4 Å². The van der Waals surface area contributed by atoms with Crippen molar-refractivity contribution in [2.75, 3.05) is 53.4 Å². The number of rotatable bonds is 22. The first-order valence-corrected chi connectivity index (χ1v) is 14.1. The summed E-state index contributed by atoms with van der Waals surface area (Å²) in [5, 5.41) is 2.70. The Labute approximate surface area is 246 Å². The molecule has 0 saturated heterocycles. The molecule has 0 heterocycles. The highest BCUT2D eigenvalue weighted by molar-refractivity contribution is 5.94. The van der Waals surface area contributed by atoms with Crippen LogP contribution in [0.5, 0.6) is 0 Å². The number of carbonyl (C=O) groups excluding carboxylic acids is 5. The summed E-state index contributed by atoms with van der Waals surface area (Å²) < 4.78 is 39.0. The molecule has 12 heteroatoms. The fourth-order valence-electron chi connectivity index (χ4n) is 3.78. The summed E-state index contributed by atoms with van der Waals surface area (Å²) in [6, 6.07) is 4.22. The molecular weight excluding hydrogens is 553 g/mol. The zero-order valence-corrected chi connectivity index (χ0v) is 25.2. The number of nitrogens with one attached hydrogen (secondary N) is 1. The number of carbonyl (C=O) groups is 5. The van der Waals surface area contributed by atoms with Gasteiger partial charge in [-0.1, -0.05) is 20.8 Å². The molecule has 0 aromatic heterocycles. The van der Waals surface area contributed by atoms with Gasteiger partial charge in [0, 0.05) is 18.8 Å². The van der Waals surface area contributed by atoms with Crippen LogP contribution < -0.4 is 5.32 Å². The summed E-state index contributed by atoms with van der Waals surface area (Å²) in [5.41, 5.74) is 0.255. The van der Waals surface area contributed by atoms with Crippen molar-refractivity contribution in [2.24, 2.45) is 17.8 Å². The van der Waals surface area contributed by atoms with Gasteiger partial charge in [-0.15, -0.1) is 0 Å². The van der Waals surface area contributed by atoms with E-state index in [-0.39, 0.29) is 87.9 Å². The first-order valence-electron chi connectivity index (χ1n) is 14.1. The number of benzene rings is 1. The van der Waals surface area contributed by atoms with E-state index in [2.05, 4.69) is 10.1 Å². The van der Waals surface area contributed by atoms with E-state index in [1.807, 2.05) is 13.8 Å². The van der Waals surface area contributed by atoms with Crippen LogP contribution >= 0.6 is 0 Å². The molecule has 11 nitrogen and oxygen atoms in total. The van der Waals surface area contributed by atoms with Gasteiger partial charge in [0.1, 0.15) is 18.2 Å². The molecule has 0 aliphatic carbocycles. The predicted octanol–water partition coefficient (Wildman–Crippen LogP) is 2.93. The van der Waals surface area contributed by atoms with Gasteiger partial charge in [-0.2, -0.15) is 0 Å². The molecule has 1 N–H and O–H groups in total. The van der Waals surface area contributed by atoms with E-state index < -0.39 is 35.6 Å². The monoisotopic (exact) mass is 597 g/mol. The van der Waals surface area contributed by atoms with Crippen LogP contribution in [-0.2, 0) is 42.9 Å². The Morgan fingerprint density at radius 2 is 1.38 bits per heavy atom. The zero-order chi connectivity index (χ0) is 31.5. The van der Waals surface area contributed by atoms with Crippen molar-refractivity contribution in [2.45, 2.75) is 53.0 Å². The highest BCUT2D eigenvalue weighted by Crippen LogP contribution is 2.16. The standard InChI is InChI=1S/C30H44FNO10/c1-6-26(33)23(18-28(35)38-5)17-27(34)21(4)32-29(36)25(20(2)3)19-41-14-13-39-11-12-40-15-16-42-30(37)22-7-9-24(31)10-8-22/h7-10,20-21,23,25H,6,11-19H2,1-5H3,(H,32,36). The average molecular weight is 598 g/mol. The molecule has 1 amide bonds. The second kappa shape index (κ2) is 20.6. The Kier molecular flexibility index (Phi) is 18.1. The van der Waals surface area contributed by atoms with Crippen molar-refractivity contribution in [1.29, 1.82) is 0 Å². The maximum atomic E-state index is 12.9. The molecule has 0 saturated carbocycles. The van der Waals surface area contributed by atoms with Gasteiger partial charge in [0.05, 0.1) is 70.7 Å². The van der Waals surface area contributed by atoms with Crippen molar-refractivity contribution in [3.8, 4) is 0 Å². The molecule has 0 spiro atoms. The highest BCUT2D eigenvalue weighted by Gasteiger charge is 2.29. The van der Waals surface area contributed by atoms with Crippen LogP contribution in [0.4, 0.5) is 4.39 Å². The number of Topliss-reactive ketones (excluding diaryl/α,β-unsaturated/α-hetero) is 2. The second-order valence-electron chi connectivity index (χ2n) is 9.99. The molecule has 1 aromatic rings. The lowest BCUT2D eigenvalue weighted by Crippen LogP contribution is -2.45. The maximum Gasteiger partial charge on any atom is 0.338 e. The average Bonchev–Trinajstić information content (AvgIpc) is 2.96. The van der Waals surface area contributed by atoms with Crippen LogP contribution in [0, 0.1) is 23.6 Å². The van der Waals surface area contributed by atoms with E-state index in [0.717, 1.165) is 0 Å². The zero-order valence-electron chi connectivity index (χ0n) is 25.2. The van der Waals surface area contributed by atoms with E-state index in [0.29, 0.717) is 6.61 Å². The number of esters is 2. The van der Waals surface area contributed by atoms with Crippen LogP contribution in [0.3, 0.4) is 0 Å². The number of halogens is 1. The topological polar surface area (TPSA) is 144 Å². The number of amides is 1. The lowest BCUT2D eigenvalue weighted by molar-refractivity contribution is -0.144. The van der Waals surface area contributed by atoms with E-state index in [1.54, 1.807) is 13.8 Å². The molecular formula is C30H44FNO10. The lowest BCUT2D eigenvalue weighted by atomic mass is 9.90. The van der Waals surface area contributed by atoms with Gasteiger partial charge in [0.2, 0.25) is 5.91 Å². The molecule has 42 heavy (non-hydrogen) atoms. The normalized spacial score (nSPS) is 13.2. The van der Waals surface area contributed by atoms with Crippen molar-refractivity contribution >= 4 is 29.4 Å². The minimum atomic E-state index is -0.835. The molecule has 0 fully saturated rings. The number of methoxy groups -OCH3 is 1. The van der Waals surface area contributed by atoms with Crippen LogP contribution in [-0.4, -0.2) is 88.8 Å². The lowest BCUT2D eigenvalue weighted by Gasteiger charge is -2.23. The Morgan fingerprint density at radius 1 is 0.810 bits per heavy atom. The summed E-state index contributed by atoms with van der Waals surface area (Å²) in [6.07, 6.45) is -0.148. The quantitative estimate of drug-likeness (QED) is 0.157. The molecule has 1 rings (SSSR count). The van der Waals surface area contributed by atoms with Crippen molar-refractivity contribution in [3.05, 3.63) is 35.6 Å². The van der Waals surface area contributed by atoms with E-state index in [9.17, 15) is 28.4 Å². The van der Waals surface area contributed by atoms with Gasteiger partial charge >= 0.3 is 11.9 Å². The maximum absolute atomic E-state index is 12.9. The van der Waals surface area contributed by atoms with Crippen molar-refractivity contribution in [1.82, 2.24) is 5.32 Å². The van der Waals surface area contributed by atoms with Crippen LogP contribution in [0.2, 0.25) is 0 Å². The van der Waals surface area contributed by atoms with Gasteiger partial charge < -0.3 is 29.0 Å². The molecule has 0 bridgehead atoms. The van der Waals surface area contributed by atoms with Crippen LogP contribution in [0.25, 0.3) is 0 Å². The summed E-state index contributed by atoms with van der Waals surface area (Å²) in [7, 11) is 1.22. The Morgan fingerprint density at radius 3 is 1.93 bits per heavy atom. The first kappa shape index (κ1) is 36.8. The SMILES string of the molecule is CCC(=O)C(CC(=O)OC)CC(=O)C(C)NC(=O)C(COCCOCCOCCOC(=O)c1ccc(F)cc1)C(C)C. The summed E-state index contributed by atoms with van der Waals surface area (Å²) in [6.45, 7) is 8.41. The third kappa shape index (κ3) is 14.6. The predicted molar refractivity (Wildman–Crippen MR) is 150 cm³/mol. The molecule has 0 radical (unpaired) electrons. The summed E-state index contributed by atoms with van der Waals surface area (Å²) in [5.74, 6) is -3.81. The number of ketones is 2. The number of ether oxygens (including phenoxy) is 5. The van der Waals surface area contributed by atoms with Gasteiger partial charge in [0.25, 0.3) is 0 Å². The Balaban J connectivity index is 2.27. The Bertz CT molecular complexity index is 998. The summed E-state index contributed by atoms with van der Waals surface area (Å²) >= 11 is 0. The highest BCUT2D eigenvalue weighted by atomic mass is 19.1. The van der Waals surface area contributed by atoms with E-state index >= 15 is 0 Å². The molecule has 236 valence electrons. The summed E-state index contributed by atoms with van der Waals surface area (Å²) in [4.78, 5) is 61.2. The van der Waals surface area contributed by atoms with Crippen LogP contribution in [0.15, 0.2) is 24.3 Å². The third-order valence-corrected chi connectivity index (χ3v) is 6.46. The molecule has 0 aliphatic rings. The molecule has 3 atom stereocenters. The van der Waals surface area contributed by atoms with Gasteiger partial charge in [-0.05, 0) is 37.1 Å². The van der Waals surface area contributed by atoms with Crippen LogP contribution in [0.1, 0.15) is 57.3 Å². The van der Waals surface area contributed by atoms with Crippen molar-refractivity contribution < 1.29 is 52.0 Å². The number of hydrogen-bond donors (Lipinski definition) is 1. The van der Waals surface area contributed by atoms with Crippen molar-refractivity contribution in [3.63, 3.8) is 0 Å². The minimum Gasteiger partial charge on any atom is -0.469 e. The van der Waals surface area contributed by atoms with Gasteiger partial charge in [-0.3, -0.25) is 19.2 Å². The number of hydrogen-bond acceptors (Lipinski definition) is 10. The first-order chi connectivity index (χ1) is 20.0. The largest absolute Gasteiger partial charge is 0.469 e.